The topological polar surface area (TPSA) is 77.1 Å². The van der Waals surface area contributed by atoms with Crippen LogP contribution in [0.25, 0.3) is 0 Å². The molecule has 0 aromatic heterocycles. The predicted octanol–water partition coefficient (Wildman–Crippen LogP) is 5.84. The van der Waals surface area contributed by atoms with Crippen molar-refractivity contribution in [3.8, 4) is 0 Å². The van der Waals surface area contributed by atoms with Crippen molar-refractivity contribution in [2.75, 3.05) is 19.3 Å². The molecule has 5 radical (unpaired) electrons. The van der Waals surface area contributed by atoms with Gasteiger partial charge in [-0.25, -0.2) is 4.79 Å². The SMILES string of the molecule is CN([C]1[CH][CH][C](CNC(=O)CCCCCCCCCCS)[CH]1)C(=O)OCc1ccc(B2OC(C)(C)C(C)(C)O2)cc1. The number of amides is 2. The van der Waals surface area contributed by atoms with Crippen molar-refractivity contribution in [1.82, 2.24) is 10.2 Å². The first-order chi connectivity index (χ1) is 19.5. The molecular formula is C32H48BN2O5S. The second kappa shape index (κ2) is 16.2. The Morgan fingerprint density at radius 2 is 1.49 bits per heavy atom. The summed E-state index contributed by atoms with van der Waals surface area (Å²) in [6.07, 6.45) is 15.3. The zero-order chi connectivity index (χ0) is 29.9. The monoisotopic (exact) mass is 583 g/mol. The highest BCUT2D eigenvalue weighted by atomic mass is 32.1. The molecule has 2 amide bonds. The third-order valence-electron chi connectivity index (χ3n) is 8.13. The molecule has 0 unspecified atom stereocenters. The third-order valence-corrected chi connectivity index (χ3v) is 8.45. The van der Waals surface area contributed by atoms with E-state index in [-0.39, 0.29) is 12.5 Å². The van der Waals surface area contributed by atoms with Gasteiger partial charge in [0.05, 0.1) is 17.2 Å². The van der Waals surface area contributed by atoms with Crippen LogP contribution >= 0.6 is 12.6 Å². The van der Waals surface area contributed by atoms with Crippen molar-refractivity contribution in [2.24, 2.45) is 0 Å². The van der Waals surface area contributed by atoms with Crippen LogP contribution in [0.15, 0.2) is 24.3 Å². The Bertz CT molecular complexity index is 942. The van der Waals surface area contributed by atoms with Crippen LogP contribution in [0.5, 0.6) is 0 Å². The van der Waals surface area contributed by atoms with Gasteiger partial charge in [-0.1, -0.05) is 62.8 Å². The molecule has 1 aromatic rings. The largest absolute Gasteiger partial charge is 0.494 e. The number of carbonyl (C=O) groups excluding carboxylic acids is 2. The van der Waals surface area contributed by atoms with E-state index < -0.39 is 24.4 Å². The van der Waals surface area contributed by atoms with Gasteiger partial charge in [-0.05, 0) is 76.6 Å². The molecule has 2 aliphatic rings. The Hall–Kier alpha value is -1.71. The molecule has 1 aliphatic heterocycles. The number of hydrogen-bond donors (Lipinski definition) is 2. The lowest BCUT2D eigenvalue weighted by molar-refractivity contribution is -0.121. The van der Waals surface area contributed by atoms with Gasteiger partial charge in [0, 0.05) is 25.9 Å². The normalized spacial score (nSPS) is 18.5. The molecule has 1 aliphatic carbocycles. The van der Waals surface area contributed by atoms with Crippen molar-refractivity contribution in [3.05, 3.63) is 61.1 Å². The average molecular weight is 584 g/mol. The lowest BCUT2D eigenvalue weighted by Gasteiger charge is -2.32. The summed E-state index contributed by atoms with van der Waals surface area (Å²) in [4.78, 5) is 26.4. The van der Waals surface area contributed by atoms with Crippen LogP contribution in [0.4, 0.5) is 4.79 Å². The zero-order valence-electron chi connectivity index (χ0n) is 25.5. The van der Waals surface area contributed by atoms with E-state index in [1.165, 1.54) is 43.4 Å². The Morgan fingerprint density at radius 3 is 2.10 bits per heavy atom. The predicted molar refractivity (Wildman–Crippen MR) is 168 cm³/mol. The van der Waals surface area contributed by atoms with Crippen LogP contribution in [0.3, 0.4) is 0 Å². The van der Waals surface area contributed by atoms with E-state index in [0.29, 0.717) is 13.0 Å². The number of thiol groups is 1. The van der Waals surface area contributed by atoms with E-state index in [4.69, 9.17) is 14.0 Å². The summed E-state index contributed by atoms with van der Waals surface area (Å²) >= 11 is 4.24. The second-order valence-corrected chi connectivity index (χ2v) is 12.4. The molecule has 1 saturated heterocycles. The van der Waals surface area contributed by atoms with E-state index in [1.54, 1.807) is 7.05 Å². The van der Waals surface area contributed by atoms with Gasteiger partial charge in [-0.15, -0.1) is 0 Å². The number of hydrogen-bond acceptors (Lipinski definition) is 6. The smallest absolute Gasteiger partial charge is 0.445 e. The maximum absolute atomic E-state index is 12.7. The lowest BCUT2D eigenvalue weighted by Crippen LogP contribution is -2.41. The van der Waals surface area contributed by atoms with Gasteiger partial charge in [0.25, 0.3) is 0 Å². The van der Waals surface area contributed by atoms with Crippen LogP contribution in [-0.2, 0) is 25.4 Å². The van der Waals surface area contributed by atoms with Crippen molar-refractivity contribution in [2.45, 2.75) is 103 Å². The summed E-state index contributed by atoms with van der Waals surface area (Å²) in [5, 5.41) is 2.99. The molecule has 0 atom stereocenters. The number of carbonyl (C=O) groups is 2. The fourth-order valence-corrected chi connectivity index (χ4v) is 4.87. The van der Waals surface area contributed by atoms with E-state index >= 15 is 0 Å². The number of nitrogens with zero attached hydrogens (tertiary/aromatic N) is 1. The standard InChI is InChI=1S/C32H48BN2O5S/c1-31(2)32(3,4)40-33(39-31)27-18-15-25(16-19-27)24-38-30(37)35(5)28-20-17-26(22-28)23-34-29(36)14-12-10-8-6-7-9-11-13-21-41/h15-20,22,41H,6-14,21,23-24H2,1-5H3,(H,34,36). The van der Waals surface area contributed by atoms with Gasteiger partial charge >= 0.3 is 13.2 Å². The molecule has 1 aromatic carbocycles. The highest BCUT2D eigenvalue weighted by Gasteiger charge is 2.51. The highest BCUT2D eigenvalue weighted by Crippen LogP contribution is 2.36. The molecule has 1 saturated carbocycles. The molecule has 1 heterocycles. The Morgan fingerprint density at radius 1 is 0.902 bits per heavy atom. The maximum atomic E-state index is 12.7. The molecular weight excluding hydrogens is 535 g/mol. The van der Waals surface area contributed by atoms with Crippen LogP contribution < -0.4 is 10.8 Å². The van der Waals surface area contributed by atoms with Gasteiger partial charge in [0.15, 0.2) is 0 Å². The molecule has 225 valence electrons. The summed E-state index contributed by atoms with van der Waals surface area (Å²) in [5.41, 5.74) is 1.02. The van der Waals surface area contributed by atoms with Crippen LogP contribution in [-0.4, -0.2) is 54.6 Å². The number of nitrogens with one attached hydrogen (secondary N) is 1. The summed E-state index contributed by atoms with van der Waals surface area (Å²) in [6, 6.07) is 8.46. The molecule has 0 bridgehead atoms. The average Bonchev–Trinajstić information content (AvgIpc) is 3.50. The molecule has 2 fully saturated rings. The number of benzene rings is 1. The number of unbranched alkanes of at least 4 members (excludes halogenated alkanes) is 7. The second-order valence-electron chi connectivity index (χ2n) is 12.0. The number of rotatable bonds is 16. The minimum absolute atomic E-state index is 0.0683. The van der Waals surface area contributed by atoms with Gasteiger partial charge in [-0.3, -0.25) is 4.79 Å². The maximum Gasteiger partial charge on any atom is 0.494 e. The van der Waals surface area contributed by atoms with Crippen molar-refractivity contribution in [1.29, 1.82) is 0 Å². The van der Waals surface area contributed by atoms with Crippen LogP contribution in [0, 0.1) is 31.2 Å². The van der Waals surface area contributed by atoms with Gasteiger partial charge in [-0.2, -0.15) is 12.6 Å². The molecule has 7 nitrogen and oxygen atoms in total. The van der Waals surface area contributed by atoms with E-state index in [9.17, 15) is 9.59 Å². The van der Waals surface area contributed by atoms with Crippen molar-refractivity contribution in [3.63, 3.8) is 0 Å². The van der Waals surface area contributed by atoms with Gasteiger partial charge in [0.1, 0.15) is 6.61 Å². The lowest BCUT2D eigenvalue weighted by atomic mass is 9.79. The zero-order valence-corrected chi connectivity index (χ0v) is 26.4. The third kappa shape index (κ3) is 10.5. The fraction of sp³-hybridized carbons (Fsp3) is 0.594. The van der Waals surface area contributed by atoms with Crippen molar-refractivity contribution >= 4 is 37.2 Å². The quantitative estimate of drug-likeness (QED) is 0.145. The highest BCUT2D eigenvalue weighted by molar-refractivity contribution is 7.80. The first kappa shape index (κ1) is 33.8. The molecule has 41 heavy (non-hydrogen) atoms. The first-order valence-corrected chi connectivity index (χ1v) is 15.6. The van der Waals surface area contributed by atoms with Crippen molar-refractivity contribution < 1.29 is 23.6 Å². The van der Waals surface area contributed by atoms with E-state index in [1.807, 2.05) is 71.2 Å². The number of ether oxygens (including phenoxy) is 1. The van der Waals surface area contributed by atoms with E-state index in [2.05, 4.69) is 17.9 Å². The molecule has 9 heteroatoms. The van der Waals surface area contributed by atoms with Crippen LogP contribution in [0.1, 0.15) is 91.0 Å². The Balaban J connectivity index is 1.28. The first-order valence-electron chi connectivity index (χ1n) is 15.0. The molecule has 1 N–H and O–H groups in total. The summed E-state index contributed by atoms with van der Waals surface area (Å²) < 4.78 is 17.7. The van der Waals surface area contributed by atoms with E-state index in [0.717, 1.165) is 41.6 Å². The summed E-state index contributed by atoms with van der Waals surface area (Å²) in [7, 11) is 1.26. The minimum atomic E-state index is -0.442. The van der Waals surface area contributed by atoms with Crippen LogP contribution in [0.2, 0.25) is 0 Å². The Kier molecular flexibility index (Phi) is 13.4. The van der Waals surface area contributed by atoms with Gasteiger partial charge < -0.3 is 24.3 Å². The summed E-state index contributed by atoms with van der Waals surface area (Å²) in [5.74, 6) is 2.00. The molecule has 3 rings (SSSR count). The fourth-order valence-electron chi connectivity index (χ4n) is 4.64. The minimum Gasteiger partial charge on any atom is -0.445 e. The molecule has 0 spiro atoms. The summed E-state index contributed by atoms with van der Waals surface area (Å²) in [6.45, 7) is 8.72. The Labute approximate surface area is 254 Å². The van der Waals surface area contributed by atoms with Gasteiger partial charge in [0.2, 0.25) is 5.91 Å².